The van der Waals surface area contributed by atoms with E-state index in [0.29, 0.717) is 0 Å². The average molecular weight is 345 g/mol. The zero-order chi connectivity index (χ0) is 17.3. The minimum atomic E-state index is -0.568. The van der Waals surface area contributed by atoms with Crippen LogP contribution in [0.25, 0.3) is 0 Å². The van der Waals surface area contributed by atoms with Gasteiger partial charge in [0, 0.05) is 18.1 Å². The van der Waals surface area contributed by atoms with Crippen LogP contribution in [0.1, 0.15) is 40.4 Å². The molecule has 0 fully saturated rings. The number of halogens is 1. The number of hydrogen-bond acceptors (Lipinski definition) is 3. The minimum Gasteiger partial charge on any atom is -0.334 e. The van der Waals surface area contributed by atoms with Crippen molar-refractivity contribution in [2.45, 2.75) is 25.3 Å². The summed E-state index contributed by atoms with van der Waals surface area (Å²) in [5.74, 6) is -0.361. The van der Waals surface area contributed by atoms with Gasteiger partial charge in [0.15, 0.2) is 0 Å². The van der Waals surface area contributed by atoms with E-state index in [-0.39, 0.29) is 28.2 Å². The second-order valence-corrected chi connectivity index (χ2v) is 6.38. The molecule has 3 rings (SSSR count). The number of fused-ring (bicyclic) bond motifs is 1. The highest BCUT2D eigenvalue weighted by molar-refractivity contribution is 6.31. The van der Waals surface area contributed by atoms with Crippen molar-refractivity contribution in [2.75, 3.05) is 7.05 Å². The van der Waals surface area contributed by atoms with Crippen LogP contribution in [0.15, 0.2) is 42.5 Å². The monoisotopic (exact) mass is 344 g/mol. The van der Waals surface area contributed by atoms with E-state index in [1.54, 1.807) is 11.9 Å². The first-order valence-electron chi connectivity index (χ1n) is 7.78. The predicted octanol–water partition coefficient (Wildman–Crippen LogP) is 4.40. The number of nitro groups is 1. The van der Waals surface area contributed by atoms with Gasteiger partial charge in [0.2, 0.25) is 0 Å². The van der Waals surface area contributed by atoms with E-state index < -0.39 is 4.92 Å². The lowest BCUT2D eigenvalue weighted by Gasteiger charge is -2.33. The van der Waals surface area contributed by atoms with Gasteiger partial charge in [0.05, 0.1) is 11.0 Å². The van der Waals surface area contributed by atoms with Gasteiger partial charge in [-0.15, -0.1) is 0 Å². The number of rotatable bonds is 3. The highest BCUT2D eigenvalue weighted by atomic mass is 35.5. The normalized spacial score (nSPS) is 16.3. The van der Waals surface area contributed by atoms with Crippen LogP contribution in [0, 0.1) is 10.1 Å². The summed E-state index contributed by atoms with van der Waals surface area (Å²) < 4.78 is 0. The Hall–Kier alpha value is -2.40. The van der Waals surface area contributed by atoms with Gasteiger partial charge in [-0.1, -0.05) is 35.9 Å². The van der Waals surface area contributed by atoms with E-state index in [1.165, 1.54) is 23.8 Å². The number of hydrogen-bond donors (Lipinski definition) is 0. The van der Waals surface area contributed by atoms with Crippen LogP contribution in [0.4, 0.5) is 5.69 Å². The molecule has 0 heterocycles. The van der Waals surface area contributed by atoms with E-state index in [0.717, 1.165) is 24.8 Å². The summed E-state index contributed by atoms with van der Waals surface area (Å²) in [6, 6.07) is 12.1. The smallest absolute Gasteiger partial charge is 0.283 e. The molecule has 2 aromatic carbocycles. The van der Waals surface area contributed by atoms with Crippen molar-refractivity contribution < 1.29 is 9.72 Å². The van der Waals surface area contributed by atoms with Crippen molar-refractivity contribution in [2.24, 2.45) is 0 Å². The van der Waals surface area contributed by atoms with E-state index in [1.807, 2.05) is 18.2 Å². The van der Waals surface area contributed by atoms with E-state index >= 15 is 0 Å². The van der Waals surface area contributed by atoms with Crippen LogP contribution in [-0.2, 0) is 6.42 Å². The molecule has 1 amide bonds. The number of aryl methyl sites for hydroxylation is 1. The summed E-state index contributed by atoms with van der Waals surface area (Å²) in [6.45, 7) is 0. The SMILES string of the molecule is CN(C(=O)c1ccc(Cl)cc1[N+](=O)[O-])C1CCCc2ccccc21. The molecule has 0 saturated heterocycles. The highest BCUT2D eigenvalue weighted by Crippen LogP contribution is 2.35. The minimum absolute atomic E-state index is 0.0648. The molecular formula is C18H17ClN2O3. The fourth-order valence-corrected chi connectivity index (χ4v) is 3.47. The lowest BCUT2D eigenvalue weighted by molar-refractivity contribution is -0.385. The van der Waals surface area contributed by atoms with Crippen LogP contribution < -0.4 is 0 Å². The van der Waals surface area contributed by atoms with Crippen molar-refractivity contribution in [1.29, 1.82) is 0 Å². The molecule has 24 heavy (non-hydrogen) atoms. The molecule has 0 N–H and O–H groups in total. The van der Waals surface area contributed by atoms with Gasteiger partial charge in [0.25, 0.3) is 11.6 Å². The zero-order valence-corrected chi connectivity index (χ0v) is 14.0. The zero-order valence-electron chi connectivity index (χ0n) is 13.2. The molecule has 0 aliphatic heterocycles. The van der Waals surface area contributed by atoms with Crippen LogP contribution in [0.5, 0.6) is 0 Å². The number of carbonyl (C=O) groups excluding carboxylic acids is 1. The van der Waals surface area contributed by atoms with Crippen molar-refractivity contribution in [3.05, 3.63) is 74.3 Å². The van der Waals surface area contributed by atoms with Gasteiger partial charge >= 0.3 is 0 Å². The average Bonchev–Trinajstić information content (AvgIpc) is 2.60. The fourth-order valence-electron chi connectivity index (χ4n) is 3.30. The third kappa shape index (κ3) is 2.99. The molecule has 1 atom stereocenters. The molecule has 0 aromatic heterocycles. The lowest BCUT2D eigenvalue weighted by Crippen LogP contribution is -2.33. The van der Waals surface area contributed by atoms with Gasteiger partial charge in [-0.2, -0.15) is 0 Å². The number of nitrogens with zero attached hydrogens (tertiary/aromatic N) is 2. The van der Waals surface area contributed by atoms with Gasteiger partial charge in [-0.25, -0.2) is 0 Å². The largest absolute Gasteiger partial charge is 0.334 e. The molecule has 0 spiro atoms. The molecule has 1 aliphatic rings. The van der Waals surface area contributed by atoms with E-state index in [4.69, 9.17) is 11.6 Å². The summed E-state index contributed by atoms with van der Waals surface area (Å²) in [4.78, 5) is 25.2. The maximum Gasteiger partial charge on any atom is 0.283 e. The predicted molar refractivity (Wildman–Crippen MR) is 92.3 cm³/mol. The van der Waals surface area contributed by atoms with Crippen molar-refractivity contribution in [3.63, 3.8) is 0 Å². The first-order chi connectivity index (χ1) is 11.5. The van der Waals surface area contributed by atoms with Crippen molar-refractivity contribution >= 4 is 23.2 Å². The summed E-state index contributed by atoms with van der Waals surface area (Å²) in [7, 11) is 1.70. The molecule has 6 heteroatoms. The van der Waals surface area contributed by atoms with Crippen LogP contribution in [0.3, 0.4) is 0 Å². The third-order valence-corrected chi connectivity index (χ3v) is 4.75. The first kappa shape index (κ1) is 16.5. The summed E-state index contributed by atoms with van der Waals surface area (Å²) >= 11 is 5.83. The second-order valence-electron chi connectivity index (χ2n) is 5.94. The first-order valence-corrected chi connectivity index (χ1v) is 8.15. The molecular weight excluding hydrogens is 328 g/mol. The lowest BCUT2D eigenvalue weighted by atomic mass is 9.87. The molecule has 0 bridgehead atoms. The van der Waals surface area contributed by atoms with Gasteiger partial charge in [0.1, 0.15) is 5.56 Å². The molecule has 0 saturated carbocycles. The summed E-state index contributed by atoms with van der Waals surface area (Å²) in [6.07, 6.45) is 2.83. The van der Waals surface area contributed by atoms with Gasteiger partial charge in [-0.3, -0.25) is 14.9 Å². The Morgan fingerprint density at radius 1 is 1.29 bits per heavy atom. The van der Waals surface area contributed by atoms with Crippen LogP contribution >= 0.6 is 11.6 Å². The number of benzene rings is 2. The van der Waals surface area contributed by atoms with Crippen LogP contribution in [-0.4, -0.2) is 22.8 Å². The second kappa shape index (κ2) is 6.61. The Morgan fingerprint density at radius 2 is 2.04 bits per heavy atom. The number of carbonyl (C=O) groups is 1. The number of amides is 1. The van der Waals surface area contributed by atoms with E-state index in [9.17, 15) is 14.9 Å². The third-order valence-electron chi connectivity index (χ3n) is 4.51. The molecule has 1 unspecified atom stereocenters. The fraction of sp³-hybridized carbons (Fsp3) is 0.278. The summed E-state index contributed by atoms with van der Waals surface area (Å²) in [5, 5.41) is 11.5. The topological polar surface area (TPSA) is 63.5 Å². The maximum absolute atomic E-state index is 12.9. The molecule has 124 valence electrons. The Balaban J connectivity index is 1.96. The standard InChI is InChI=1S/C18H17ClN2O3/c1-20(16-8-4-6-12-5-2-3-7-14(12)16)18(22)15-10-9-13(19)11-17(15)21(23)24/h2-3,5,7,9-11,16H,4,6,8H2,1H3. The van der Waals surface area contributed by atoms with Crippen molar-refractivity contribution in [1.82, 2.24) is 4.90 Å². The molecule has 1 aliphatic carbocycles. The van der Waals surface area contributed by atoms with Crippen LogP contribution in [0.2, 0.25) is 5.02 Å². The van der Waals surface area contributed by atoms with Gasteiger partial charge < -0.3 is 4.90 Å². The molecule has 5 nitrogen and oxygen atoms in total. The Morgan fingerprint density at radius 3 is 2.79 bits per heavy atom. The van der Waals surface area contributed by atoms with Crippen molar-refractivity contribution in [3.8, 4) is 0 Å². The Kier molecular flexibility index (Phi) is 4.53. The Labute approximate surface area is 145 Å². The van der Waals surface area contributed by atoms with E-state index in [2.05, 4.69) is 6.07 Å². The molecule has 0 radical (unpaired) electrons. The quantitative estimate of drug-likeness (QED) is 0.612. The van der Waals surface area contributed by atoms with Gasteiger partial charge in [-0.05, 0) is 42.5 Å². The highest BCUT2D eigenvalue weighted by Gasteiger charge is 2.30. The number of nitro benzene ring substituents is 1. The summed E-state index contributed by atoms with van der Waals surface area (Å²) in [5.41, 5.74) is 2.16. The maximum atomic E-state index is 12.9. The molecule has 2 aromatic rings. The Bertz CT molecular complexity index is 807.